The van der Waals surface area contributed by atoms with Gasteiger partial charge in [-0.2, -0.15) is 0 Å². The summed E-state index contributed by atoms with van der Waals surface area (Å²) in [4.78, 5) is 4.19. The van der Waals surface area contributed by atoms with E-state index in [4.69, 9.17) is 23.2 Å². The lowest BCUT2D eigenvalue weighted by molar-refractivity contribution is 0.472. The lowest BCUT2D eigenvalue weighted by Crippen LogP contribution is -2.10. The highest BCUT2D eigenvalue weighted by Crippen LogP contribution is 2.34. The molecule has 0 amide bonds. The van der Waals surface area contributed by atoms with Crippen LogP contribution in [0.1, 0.15) is 31.9 Å². The highest BCUT2D eigenvalue weighted by molar-refractivity contribution is 6.36. The molecular formula is C17H17Cl2NO2. The maximum atomic E-state index is 10.1. The van der Waals surface area contributed by atoms with Crippen LogP contribution in [0.3, 0.4) is 0 Å². The average molecular weight is 338 g/mol. The normalized spacial score (nSPS) is 12.0. The summed E-state index contributed by atoms with van der Waals surface area (Å²) < 4.78 is 0. The lowest BCUT2D eigenvalue weighted by atomic mass is 9.87. The van der Waals surface area contributed by atoms with Gasteiger partial charge < -0.3 is 10.2 Å². The number of phenolic OH excluding ortho intramolecular Hbond substituents is 2. The molecular weight excluding hydrogens is 321 g/mol. The van der Waals surface area contributed by atoms with Crippen LogP contribution in [0.15, 0.2) is 35.3 Å². The van der Waals surface area contributed by atoms with Gasteiger partial charge in [-0.1, -0.05) is 50.0 Å². The van der Waals surface area contributed by atoms with Gasteiger partial charge in [0, 0.05) is 16.8 Å². The van der Waals surface area contributed by atoms with Gasteiger partial charge in [0.1, 0.15) is 17.2 Å². The Morgan fingerprint density at radius 3 is 2.32 bits per heavy atom. The van der Waals surface area contributed by atoms with E-state index in [1.165, 1.54) is 12.3 Å². The molecule has 2 N–H and O–H groups in total. The van der Waals surface area contributed by atoms with Crippen LogP contribution in [0.2, 0.25) is 10.0 Å². The fraction of sp³-hybridized carbons (Fsp3) is 0.235. The van der Waals surface area contributed by atoms with Crippen LogP contribution in [-0.4, -0.2) is 16.4 Å². The van der Waals surface area contributed by atoms with Crippen LogP contribution in [0.4, 0.5) is 5.69 Å². The molecule has 3 nitrogen and oxygen atoms in total. The van der Waals surface area contributed by atoms with Gasteiger partial charge in [0.05, 0.1) is 5.02 Å². The third-order valence-electron chi connectivity index (χ3n) is 3.24. The molecule has 2 aromatic rings. The molecule has 116 valence electrons. The van der Waals surface area contributed by atoms with Crippen molar-refractivity contribution in [3.63, 3.8) is 0 Å². The van der Waals surface area contributed by atoms with Crippen molar-refractivity contribution in [2.75, 3.05) is 0 Å². The van der Waals surface area contributed by atoms with Crippen LogP contribution >= 0.6 is 23.2 Å². The molecule has 5 heteroatoms. The van der Waals surface area contributed by atoms with Crippen LogP contribution in [0.25, 0.3) is 0 Å². The number of hydrogen-bond acceptors (Lipinski definition) is 3. The SMILES string of the molecule is CC(C)(C)c1ccc(N=Cc2cc(Cl)cc(Cl)c2O)c(O)c1. The number of aliphatic imine (C=N–C) groups is 1. The van der Waals surface area contributed by atoms with Crippen LogP contribution in [0.5, 0.6) is 11.5 Å². The molecule has 0 aromatic heterocycles. The maximum Gasteiger partial charge on any atom is 0.143 e. The van der Waals surface area contributed by atoms with E-state index >= 15 is 0 Å². The fourth-order valence-electron chi connectivity index (χ4n) is 1.92. The molecule has 0 saturated heterocycles. The van der Waals surface area contributed by atoms with E-state index in [0.29, 0.717) is 16.3 Å². The Morgan fingerprint density at radius 2 is 1.73 bits per heavy atom. The molecule has 0 spiro atoms. The Hall–Kier alpha value is -1.71. The topological polar surface area (TPSA) is 52.8 Å². The Morgan fingerprint density at radius 1 is 1.05 bits per heavy atom. The summed E-state index contributed by atoms with van der Waals surface area (Å²) in [6, 6.07) is 8.34. The summed E-state index contributed by atoms with van der Waals surface area (Å²) in [6.07, 6.45) is 1.42. The number of nitrogens with zero attached hydrogens (tertiary/aromatic N) is 1. The number of phenols is 2. The summed E-state index contributed by atoms with van der Waals surface area (Å²) in [5, 5.41) is 20.5. The van der Waals surface area contributed by atoms with Crippen LogP contribution in [-0.2, 0) is 5.41 Å². The smallest absolute Gasteiger partial charge is 0.143 e. The third-order valence-corrected chi connectivity index (χ3v) is 3.75. The number of hydrogen-bond donors (Lipinski definition) is 2. The van der Waals surface area contributed by atoms with E-state index in [1.54, 1.807) is 18.2 Å². The van der Waals surface area contributed by atoms with E-state index in [0.717, 1.165) is 5.56 Å². The van der Waals surface area contributed by atoms with Crippen molar-refractivity contribution < 1.29 is 10.2 Å². The number of benzene rings is 2. The fourth-order valence-corrected chi connectivity index (χ4v) is 2.43. The molecule has 0 radical (unpaired) electrons. The minimum atomic E-state index is -0.0966. The van der Waals surface area contributed by atoms with Gasteiger partial charge in [0.15, 0.2) is 0 Å². The highest BCUT2D eigenvalue weighted by Gasteiger charge is 2.15. The van der Waals surface area contributed by atoms with Gasteiger partial charge >= 0.3 is 0 Å². The molecule has 0 aliphatic rings. The minimum Gasteiger partial charge on any atom is -0.506 e. The van der Waals surface area contributed by atoms with Crippen LogP contribution < -0.4 is 0 Å². The average Bonchev–Trinajstić information content (AvgIpc) is 2.41. The van der Waals surface area contributed by atoms with E-state index < -0.39 is 0 Å². The van der Waals surface area contributed by atoms with Gasteiger partial charge in [-0.05, 0) is 35.2 Å². The number of halogens is 2. The predicted octanol–water partition coefficient (Wildman–Crippen LogP) is 5.45. The van der Waals surface area contributed by atoms with Crippen molar-refractivity contribution >= 4 is 35.1 Å². The number of aromatic hydroxyl groups is 2. The van der Waals surface area contributed by atoms with Crippen molar-refractivity contribution in [1.29, 1.82) is 0 Å². The molecule has 0 atom stereocenters. The zero-order valence-electron chi connectivity index (χ0n) is 12.6. The van der Waals surface area contributed by atoms with Crippen LogP contribution in [0, 0.1) is 0 Å². The summed E-state index contributed by atoms with van der Waals surface area (Å²) in [7, 11) is 0. The van der Waals surface area contributed by atoms with Crippen molar-refractivity contribution in [2.24, 2.45) is 4.99 Å². The first-order valence-electron chi connectivity index (χ1n) is 6.74. The third kappa shape index (κ3) is 3.73. The van der Waals surface area contributed by atoms with Crippen molar-refractivity contribution in [2.45, 2.75) is 26.2 Å². The van der Waals surface area contributed by atoms with Gasteiger partial charge in [-0.25, -0.2) is 0 Å². The molecule has 2 rings (SSSR count). The van der Waals surface area contributed by atoms with Gasteiger partial charge in [-0.15, -0.1) is 0 Å². The minimum absolute atomic E-state index is 0.0571. The second kappa shape index (κ2) is 6.19. The zero-order valence-corrected chi connectivity index (χ0v) is 14.1. The maximum absolute atomic E-state index is 10.1. The van der Waals surface area contributed by atoms with Crippen molar-refractivity contribution in [3.05, 3.63) is 51.5 Å². The molecule has 0 aliphatic carbocycles. The number of rotatable bonds is 2. The van der Waals surface area contributed by atoms with Gasteiger partial charge in [0.25, 0.3) is 0 Å². The summed E-state index contributed by atoms with van der Waals surface area (Å²) in [6.45, 7) is 6.20. The van der Waals surface area contributed by atoms with E-state index in [9.17, 15) is 10.2 Å². The molecule has 0 heterocycles. The van der Waals surface area contributed by atoms with E-state index in [1.807, 2.05) is 6.07 Å². The van der Waals surface area contributed by atoms with E-state index in [-0.39, 0.29) is 21.9 Å². The summed E-state index contributed by atoms with van der Waals surface area (Å²) >= 11 is 11.8. The molecule has 0 unspecified atom stereocenters. The lowest BCUT2D eigenvalue weighted by Gasteiger charge is -2.19. The molecule has 0 aliphatic heterocycles. The Kier molecular flexibility index (Phi) is 4.69. The van der Waals surface area contributed by atoms with Gasteiger partial charge in [-0.3, -0.25) is 4.99 Å². The largest absolute Gasteiger partial charge is 0.506 e. The zero-order chi connectivity index (χ0) is 16.5. The Balaban J connectivity index is 2.35. The molecule has 0 saturated carbocycles. The second-order valence-electron chi connectivity index (χ2n) is 6.04. The molecule has 22 heavy (non-hydrogen) atoms. The first kappa shape index (κ1) is 16.7. The second-order valence-corrected chi connectivity index (χ2v) is 6.88. The predicted molar refractivity (Wildman–Crippen MR) is 92.2 cm³/mol. The van der Waals surface area contributed by atoms with Crippen molar-refractivity contribution in [1.82, 2.24) is 0 Å². The standard InChI is InChI=1S/C17H17Cl2NO2/c1-17(2,3)11-4-5-14(15(21)7-11)20-9-10-6-12(18)8-13(19)16(10)22/h4-9,21-22H,1-3H3. The molecule has 0 fully saturated rings. The molecule has 2 aromatic carbocycles. The Bertz CT molecular complexity index is 734. The van der Waals surface area contributed by atoms with Gasteiger partial charge in [0.2, 0.25) is 0 Å². The molecule has 0 bridgehead atoms. The Labute approximate surface area is 139 Å². The highest BCUT2D eigenvalue weighted by atomic mass is 35.5. The summed E-state index contributed by atoms with van der Waals surface area (Å²) in [5.74, 6) is -0.0168. The first-order chi connectivity index (χ1) is 10.2. The quantitative estimate of drug-likeness (QED) is 0.715. The first-order valence-corrected chi connectivity index (χ1v) is 7.49. The monoisotopic (exact) mass is 337 g/mol. The summed E-state index contributed by atoms with van der Waals surface area (Å²) in [5.41, 5.74) is 1.75. The van der Waals surface area contributed by atoms with Crippen molar-refractivity contribution in [3.8, 4) is 11.5 Å². The van der Waals surface area contributed by atoms with E-state index in [2.05, 4.69) is 25.8 Å².